The molecule has 6 nitrogen and oxygen atoms in total. The minimum absolute atomic E-state index is 0.137. The number of nitrogens with one attached hydrogen (secondary N) is 2. The maximum atomic E-state index is 13.8. The number of benzene rings is 1. The molecule has 0 saturated heterocycles. The van der Waals surface area contributed by atoms with Gasteiger partial charge in [0.15, 0.2) is 5.57 Å². The fourth-order valence-corrected chi connectivity index (χ4v) is 1.50. The van der Waals surface area contributed by atoms with Crippen LogP contribution in [0.5, 0.6) is 0 Å². The maximum Gasteiger partial charge on any atom is 0.163 e. The number of anilines is 2. The Balaban J connectivity index is 3.12. The van der Waals surface area contributed by atoms with Gasteiger partial charge in [-0.05, 0) is 12.1 Å². The van der Waals surface area contributed by atoms with Gasteiger partial charge in [0.1, 0.15) is 29.7 Å². The number of halogens is 1. The first-order valence-corrected chi connectivity index (χ1v) is 5.90. The van der Waals surface area contributed by atoms with Crippen molar-refractivity contribution >= 4 is 11.4 Å². The van der Waals surface area contributed by atoms with E-state index in [2.05, 4.69) is 10.6 Å². The van der Waals surface area contributed by atoms with E-state index in [1.165, 1.54) is 25.3 Å². The van der Waals surface area contributed by atoms with Gasteiger partial charge in [0, 0.05) is 13.7 Å². The van der Waals surface area contributed by atoms with Gasteiger partial charge in [-0.15, -0.1) is 0 Å². The normalized spacial score (nSPS) is 8.90. The summed E-state index contributed by atoms with van der Waals surface area (Å²) < 4.78 is 18.7. The molecule has 7 heteroatoms. The monoisotopic (exact) mass is 285 g/mol. The first-order valence-electron chi connectivity index (χ1n) is 5.90. The summed E-state index contributed by atoms with van der Waals surface area (Å²) in [5, 5.41) is 32.0. The molecule has 0 aliphatic heterocycles. The number of nitrogens with zero attached hydrogens (tertiary/aromatic N) is 3. The Morgan fingerprint density at radius 2 is 1.95 bits per heavy atom. The van der Waals surface area contributed by atoms with Crippen LogP contribution in [0, 0.1) is 39.8 Å². The van der Waals surface area contributed by atoms with E-state index in [-0.39, 0.29) is 22.6 Å². The van der Waals surface area contributed by atoms with Gasteiger partial charge in [-0.1, -0.05) is 6.07 Å². The SMILES string of the molecule is COCCNc1c(F)cccc1NC(C#N)=C(C#N)C#N. The molecule has 106 valence electrons. The minimum Gasteiger partial charge on any atom is -0.383 e. The van der Waals surface area contributed by atoms with E-state index >= 15 is 0 Å². The molecule has 0 unspecified atom stereocenters. The van der Waals surface area contributed by atoms with Crippen molar-refractivity contribution in [3.8, 4) is 18.2 Å². The number of hydrogen-bond donors (Lipinski definition) is 2. The molecule has 0 spiro atoms. The summed E-state index contributed by atoms with van der Waals surface area (Å²) in [6.07, 6.45) is 0. The molecule has 0 atom stereocenters. The Labute approximate surface area is 121 Å². The topological polar surface area (TPSA) is 105 Å². The van der Waals surface area contributed by atoms with Crippen molar-refractivity contribution in [3.63, 3.8) is 0 Å². The number of methoxy groups -OCH3 is 1. The Morgan fingerprint density at radius 1 is 1.24 bits per heavy atom. The lowest BCUT2D eigenvalue weighted by atomic mass is 10.2. The average molecular weight is 285 g/mol. The molecule has 0 saturated carbocycles. The van der Waals surface area contributed by atoms with Gasteiger partial charge in [0.05, 0.1) is 18.0 Å². The van der Waals surface area contributed by atoms with Crippen molar-refractivity contribution in [3.05, 3.63) is 35.3 Å². The van der Waals surface area contributed by atoms with Gasteiger partial charge in [0.25, 0.3) is 0 Å². The van der Waals surface area contributed by atoms with Crippen molar-refractivity contribution in [2.24, 2.45) is 0 Å². The summed E-state index contributed by atoms with van der Waals surface area (Å²) in [7, 11) is 1.52. The zero-order valence-corrected chi connectivity index (χ0v) is 11.3. The molecular formula is C14H12FN5O. The van der Waals surface area contributed by atoms with E-state index in [4.69, 9.17) is 20.5 Å². The Bertz CT molecular complexity index is 647. The highest BCUT2D eigenvalue weighted by Crippen LogP contribution is 2.26. The van der Waals surface area contributed by atoms with E-state index in [1.807, 2.05) is 0 Å². The number of hydrogen-bond acceptors (Lipinski definition) is 6. The summed E-state index contributed by atoms with van der Waals surface area (Å²) in [5.41, 5.74) is -0.215. The molecule has 0 amide bonds. The van der Waals surface area contributed by atoms with Crippen LogP contribution >= 0.6 is 0 Å². The molecule has 0 fully saturated rings. The zero-order valence-electron chi connectivity index (χ0n) is 11.3. The Hall–Kier alpha value is -3.08. The number of ether oxygens (including phenoxy) is 1. The van der Waals surface area contributed by atoms with Crippen LogP contribution in [0.15, 0.2) is 29.5 Å². The summed E-state index contributed by atoms with van der Waals surface area (Å²) in [4.78, 5) is 0. The molecule has 0 radical (unpaired) electrons. The third-order valence-electron chi connectivity index (χ3n) is 2.47. The minimum atomic E-state index is -0.524. The van der Waals surface area contributed by atoms with Crippen LogP contribution in [-0.2, 0) is 4.74 Å². The van der Waals surface area contributed by atoms with Crippen molar-refractivity contribution in [1.82, 2.24) is 0 Å². The number of rotatable bonds is 6. The molecule has 1 rings (SSSR count). The van der Waals surface area contributed by atoms with E-state index in [0.717, 1.165) is 0 Å². The first kappa shape index (κ1) is 16.0. The van der Waals surface area contributed by atoms with E-state index in [0.29, 0.717) is 13.2 Å². The van der Waals surface area contributed by atoms with Crippen molar-refractivity contribution < 1.29 is 9.13 Å². The highest BCUT2D eigenvalue weighted by molar-refractivity contribution is 5.73. The second kappa shape index (κ2) is 8.16. The van der Waals surface area contributed by atoms with Crippen molar-refractivity contribution in [2.45, 2.75) is 0 Å². The van der Waals surface area contributed by atoms with Gasteiger partial charge in [-0.3, -0.25) is 0 Å². The fraction of sp³-hybridized carbons (Fsp3) is 0.214. The lowest BCUT2D eigenvalue weighted by Crippen LogP contribution is -2.11. The van der Waals surface area contributed by atoms with Crippen LogP contribution in [0.1, 0.15) is 0 Å². The lowest BCUT2D eigenvalue weighted by Gasteiger charge is -2.13. The van der Waals surface area contributed by atoms with Gasteiger partial charge < -0.3 is 15.4 Å². The van der Waals surface area contributed by atoms with E-state index < -0.39 is 5.82 Å². The van der Waals surface area contributed by atoms with Crippen molar-refractivity contribution in [1.29, 1.82) is 15.8 Å². The van der Waals surface area contributed by atoms with Crippen LogP contribution in [-0.4, -0.2) is 20.3 Å². The fourth-order valence-electron chi connectivity index (χ4n) is 1.50. The van der Waals surface area contributed by atoms with Gasteiger partial charge in [0.2, 0.25) is 0 Å². The molecule has 1 aromatic carbocycles. The predicted octanol–water partition coefficient (Wildman–Crippen LogP) is 2.12. The summed E-state index contributed by atoms with van der Waals surface area (Å²) in [6.45, 7) is 0.734. The summed E-state index contributed by atoms with van der Waals surface area (Å²) in [5.74, 6) is -0.524. The number of para-hydroxylation sites is 1. The Morgan fingerprint density at radius 3 is 2.52 bits per heavy atom. The van der Waals surface area contributed by atoms with Crippen LogP contribution in [0.25, 0.3) is 0 Å². The highest BCUT2D eigenvalue weighted by Gasteiger charge is 2.12. The van der Waals surface area contributed by atoms with Gasteiger partial charge in [-0.25, -0.2) is 4.39 Å². The predicted molar refractivity (Wildman–Crippen MR) is 74.3 cm³/mol. The summed E-state index contributed by atoms with van der Waals surface area (Å²) >= 11 is 0. The third-order valence-corrected chi connectivity index (χ3v) is 2.47. The standard InChI is InChI=1S/C14H12FN5O/c1-21-6-5-19-14-11(15)3-2-4-12(14)20-13(9-18)10(7-16)8-17/h2-4,19-20H,5-6H2,1H3. The molecule has 0 aliphatic carbocycles. The second-order valence-corrected chi connectivity index (χ2v) is 3.79. The third kappa shape index (κ3) is 4.21. The maximum absolute atomic E-state index is 13.8. The first-order chi connectivity index (χ1) is 10.2. The lowest BCUT2D eigenvalue weighted by molar-refractivity contribution is 0.210. The quantitative estimate of drug-likeness (QED) is 0.612. The molecular weight excluding hydrogens is 273 g/mol. The second-order valence-electron chi connectivity index (χ2n) is 3.79. The van der Waals surface area contributed by atoms with E-state index in [1.54, 1.807) is 18.2 Å². The van der Waals surface area contributed by atoms with Crippen LogP contribution in [0.2, 0.25) is 0 Å². The van der Waals surface area contributed by atoms with Crippen LogP contribution in [0.3, 0.4) is 0 Å². The molecule has 21 heavy (non-hydrogen) atoms. The van der Waals surface area contributed by atoms with Crippen LogP contribution in [0.4, 0.5) is 15.8 Å². The molecule has 0 bridgehead atoms. The zero-order chi connectivity index (χ0) is 15.7. The molecule has 0 heterocycles. The number of nitriles is 3. The highest BCUT2D eigenvalue weighted by atomic mass is 19.1. The smallest absolute Gasteiger partial charge is 0.163 e. The van der Waals surface area contributed by atoms with E-state index in [9.17, 15) is 4.39 Å². The Kier molecular flexibility index (Phi) is 6.21. The van der Waals surface area contributed by atoms with Crippen molar-refractivity contribution in [2.75, 3.05) is 30.9 Å². The van der Waals surface area contributed by atoms with Gasteiger partial charge >= 0.3 is 0 Å². The average Bonchev–Trinajstić information content (AvgIpc) is 2.50. The number of allylic oxidation sites excluding steroid dienone is 2. The van der Waals surface area contributed by atoms with Crippen LogP contribution < -0.4 is 10.6 Å². The molecule has 0 aliphatic rings. The summed E-state index contributed by atoms with van der Waals surface area (Å²) in [6, 6.07) is 9.17. The molecule has 0 aromatic heterocycles. The largest absolute Gasteiger partial charge is 0.383 e. The van der Waals surface area contributed by atoms with Gasteiger partial charge in [-0.2, -0.15) is 15.8 Å². The molecule has 2 N–H and O–H groups in total. The molecule has 1 aromatic rings.